The second-order valence-corrected chi connectivity index (χ2v) is 5.62. The SMILES string of the molecule is N#CCOc1ccc2c(=O)c(-c3ccccc3Cl)c(C(F)(F)F)oc2c1. The maximum absolute atomic E-state index is 13.5. The molecule has 0 atom stereocenters. The van der Waals surface area contributed by atoms with E-state index in [1.807, 2.05) is 0 Å². The molecule has 1 aromatic heterocycles. The molecule has 0 aliphatic heterocycles. The summed E-state index contributed by atoms with van der Waals surface area (Å²) in [6, 6.07) is 11.3. The number of nitriles is 1. The first-order chi connectivity index (χ1) is 12.3. The average Bonchev–Trinajstić information content (AvgIpc) is 2.60. The standard InChI is InChI=1S/C18H9ClF3NO3/c19-13-4-2-1-3-11(13)15-16(24)12-6-5-10(25-8-7-23)9-14(12)26-17(15)18(20,21)22/h1-6,9H,8H2. The van der Waals surface area contributed by atoms with Crippen LogP contribution in [0, 0.1) is 11.3 Å². The number of fused-ring (bicyclic) bond motifs is 1. The molecule has 0 spiro atoms. The summed E-state index contributed by atoms with van der Waals surface area (Å²) in [6.45, 7) is -0.292. The van der Waals surface area contributed by atoms with Crippen molar-refractivity contribution in [3.05, 3.63) is 63.5 Å². The third kappa shape index (κ3) is 3.24. The van der Waals surface area contributed by atoms with E-state index in [9.17, 15) is 18.0 Å². The first-order valence-electron chi connectivity index (χ1n) is 7.25. The van der Waals surface area contributed by atoms with Gasteiger partial charge in [-0.1, -0.05) is 29.8 Å². The van der Waals surface area contributed by atoms with Gasteiger partial charge in [0.2, 0.25) is 11.2 Å². The Hall–Kier alpha value is -2.98. The van der Waals surface area contributed by atoms with Gasteiger partial charge in [0.1, 0.15) is 17.4 Å². The van der Waals surface area contributed by atoms with Crippen LogP contribution in [-0.4, -0.2) is 6.61 Å². The molecular weight excluding hydrogens is 371 g/mol. The Kier molecular flexibility index (Phi) is 4.62. The molecule has 0 fully saturated rings. The van der Waals surface area contributed by atoms with Gasteiger partial charge in [0.05, 0.1) is 10.9 Å². The van der Waals surface area contributed by atoms with Gasteiger partial charge < -0.3 is 9.15 Å². The summed E-state index contributed by atoms with van der Waals surface area (Å²) < 4.78 is 50.6. The largest absolute Gasteiger partial charge is 0.479 e. The lowest BCUT2D eigenvalue weighted by molar-refractivity contribution is -0.152. The van der Waals surface area contributed by atoms with E-state index in [1.165, 1.54) is 30.3 Å². The number of ether oxygens (including phenoxy) is 1. The molecular formula is C18H9ClF3NO3. The molecule has 0 unspecified atom stereocenters. The van der Waals surface area contributed by atoms with Crippen LogP contribution in [0.15, 0.2) is 51.7 Å². The fourth-order valence-corrected chi connectivity index (χ4v) is 2.72. The van der Waals surface area contributed by atoms with Crippen LogP contribution in [0.25, 0.3) is 22.1 Å². The van der Waals surface area contributed by atoms with Gasteiger partial charge in [-0.25, -0.2) is 0 Å². The van der Waals surface area contributed by atoms with Crippen molar-refractivity contribution in [3.8, 4) is 22.9 Å². The molecule has 132 valence electrons. The molecule has 0 amide bonds. The van der Waals surface area contributed by atoms with Gasteiger partial charge in [0.25, 0.3) is 0 Å². The molecule has 2 aromatic carbocycles. The molecule has 0 bridgehead atoms. The zero-order valence-corrected chi connectivity index (χ0v) is 13.7. The Bertz CT molecular complexity index is 1080. The lowest BCUT2D eigenvalue weighted by Gasteiger charge is -2.14. The number of hydrogen-bond acceptors (Lipinski definition) is 4. The summed E-state index contributed by atoms with van der Waals surface area (Å²) in [5.74, 6) is -1.33. The van der Waals surface area contributed by atoms with E-state index in [0.717, 1.165) is 6.07 Å². The second kappa shape index (κ2) is 6.73. The second-order valence-electron chi connectivity index (χ2n) is 5.22. The predicted molar refractivity (Wildman–Crippen MR) is 89.0 cm³/mol. The highest BCUT2D eigenvalue weighted by atomic mass is 35.5. The summed E-state index contributed by atoms with van der Waals surface area (Å²) in [7, 11) is 0. The Morgan fingerprint density at radius 1 is 1.19 bits per heavy atom. The summed E-state index contributed by atoms with van der Waals surface area (Å²) >= 11 is 5.99. The van der Waals surface area contributed by atoms with Crippen molar-refractivity contribution in [1.82, 2.24) is 0 Å². The molecule has 4 nitrogen and oxygen atoms in total. The van der Waals surface area contributed by atoms with Crippen molar-refractivity contribution in [1.29, 1.82) is 5.26 Å². The fourth-order valence-electron chi connectivity index (χ4n) is 2.49. The van der Waals surface area contributed by atoms with Gasteiger partial charge in [-0.15, -0.1) is 0 Å². The van der Waals surface area contributed by atoms with Crippen LogP contribution in [0.3, 0.4) is 0 Å². The predicted octanol–water partition coefficient (Wildman–Crippen LogP) is 5.03. The first kappa shape index (κ1) is 17.8. The topological polar surface area (TPSA) is 63.2 Å². The average molecular weight is 380 g/mol. The van der Waals surface area contributed by atoms with Crippen LogP contribution < -0.4 is 10.2 Å². The van der Waals surface area contributed by atoms with E-state index in [2.05, 4.69) is 0 Å². The maximum atomic E-state index is 13.5. The van der Waals surface area contributed by atoms with Crippen molar-refractivity contribution in [2.45, 2.75) is 6.18 Å². The molecule has 3 rings (SSSR count). The molecule has 8 heteroatoms. The molecule has 0 aliphatic carbocycles. The van der Waals surface area contributed by atoms with E-state index in [1.54, 1.807) is 12.1 Å². The number of nitrogens with zero attached hydrogens (tertiary/aromatic N) is 1. The van der Waals surface area contributed by atoms with Gasteiger partial charge in [0, 0.05) is 16.7 Å². The van der Waals surface area contributed by atoms with Crippen LogP contribution in [0.5, 0.6) is 5.75 Å². The Labute approximate surface area is 150 Å². The third-order valence-electron chi connectivity index (χ3n) is 3.57. The van der Waals surface area contributed by atoms with Crippen molar-refractivity contribution >= 4 is 22.6 Å². The monoisotopic (exact) mass is 379 g/mol. The summed E-state index contributed by atoms with van der Waals surface area (Å²) in [5, 5.41) is 8.46. The minimum Gasteiger partial charge on any atom is -0.479 e. The van der Waals surface area contributed by atoms with Crippen molar-refractivity contribution in [3.63, 3.8) is 0 Å². The molecule has 0 N–H and O–H groups in total. The minimum absolute atomic E-state index is 0.00127. The van der Waals surface area contributed by atoms with Crippen molar-refractivity contribution in [2.75, 3.05) is 6.61 Å². The van der Waals surface area contributed by atoms with Gasteiger partial charge in [-0.2, -0.15) is 18.4 Å². The number of alkyl halides is 3. The van der Waals surface area contributed by atoms with E-state index in [0.29, 0.717) is 0 Å². The molecule has 0 saturated heterocycles. The van der Waals surface area contributed by atoms with Gasteiger partial charge in [-0.3, -0.25) is 4.79 Å². The van der Waals surface area contributed by atoms with Crippen molar-refractivity contribution < 1.29 is 22.3 Å². The van der Waals surface area contributed by atoms with E-state index in [4.69, 9.17) is 26.0 Å². The van der Waals surface area contributed by atoms with Gasteiger partial charge >= 0.3 is 6.18 Å². The normalized spacial score (nSPS) is 11.3. The molecule has 0 saturated carbocycles. The fraction of sp³-hybridized carbons (Fsp3) is 0.111. The molecule has 1 heterocycles. The Balaban J connectivity index is 2.34. The number of rotatable bonds is 3. The van der Waals surface area contributed by atoms with Gasteiger partial charge in [0.15, 0.2) is 6.61 Å². The lowest BCUT2D eigenvalue weighted by atomic mass is 10.0. The van der Waals surface area contributed by atoms with E-state index >= 15 is 0 Å². The highest BCUT2D eigenvalue weighted by molar-refractivity contribution is 6.33. The Morgan fingerprint density at radius 3 is 2.58 bits per heavy atom. The number of benzene rings is 2. The smallest absolute Gasteiger partial charge is 0.450 e. The number of hydrogen-bond donors (Lipinski definition) is 0. The lowest BCUT2D eigenvalue weighted by Crippen LogP contribution is -2.16. The zero-order valence-electron chi connectivity index (χ0n) is 12.9. The molecule has 3 aromatic rings. The summed E-state index contributed by atoms with van der Waals surface area (Å²) in [5.41, 5.74) is -1.88. The van der Waals surface area contributed by atoms with Crippen molar-refractivity contribution in [2.24, 2.45) is 0 Å². The highest BCUT2D eigenvalue weighted by Gasteiger charge is 2.39. The maximum Gasteiger partial charge on any atom is 0.450 e. The summed E-state index contributed by atoms with van der Waals surface area (Å²) in [4.78, 5) is 12.8. The highest BCUT2D eigenvalue weighted by Crippen LogP contribution is 2.39. The van der Waals surface area contributed by atoms with Crippen LogP contribution in [-0.2, 0) is 6.18 Å². The van der Waals surface area contributed by atoms with Gasteiger partial charge in [-0.05, 0) is 18.2 Å². The van der Waals surface area contributed by atoms with E-state index < -0.39 is 22.9 Å². The molecule has 0 aliphatic rings. The number of halogens is 4. The zero-order chi connectivity index (χ0) is 18.9. The minimum atomic E-state index is -4.91. The van der Waals surface area contributed by atoms with E-state index in [-0.39, 0.29) is 33.9 Å². The van der Waals surface area contributed by atoms with Crippen LogP contribution >= 0.6 is 11.6 Å². The Morgan fingerprint density at radius 2 is 1.92 bits per heavy atom. The summed E-state index contributed by atoms with van der Waals surface area (Å²) in [6.07, 6.45) is -4.91. The van der Waals surface area contributed by atoms with Crippen LogP contribution in [0.1, 0.15) is 5.76 Å². The van der Waals surface area contributed by atoms with Crippen LogP contribution in [0.2, 0.25) is 5.02 Å². The third-order valence-corrected chi connectivity index (χ3v) is 3.90. The van der Waals surface area contributed by atoms with Crippen LogP contribution in [0.4, 0.5) is 13.2 Å². The quantitative estimate of drug-likeness (QED) is 0.640. The molecule has 26 heavy (non-hydrogen) atoms. The molecule has 0 radical (unpaired) electrons. The first-order valence-corrected chi connectivity index (χ1v) is 7.63.